The van der Waals surface area contributed by atoms with Gasteiger partial charge >= 0.3 is 0 Å². The van der Waals surface area contributed by atoms with E-state index in [4.69, 9.17) is 4.74 Å². The molecule has 1 aromatic heterocycles. The summed E-state index contributed by atoms with van der Waals surface area (Å²) in [5.74, 6) is 1.45. The summed E-state index contributed by atoms with van der Waals surface area (Å²) in [6.07, 6.45) is 0.687. The Bertz CT molecular complexity index is 937. The Labute approximate surface area is 164 Å². The van der Waals surface area contributed by atoms with Crippen LogP contribution in [0.15, 0.2) is 58.2 Å². The predicted molar refractivity (Wildman–Crippen MR) is 107 cm³/mol. The number of hydrogen-bond donors (Lipinski definition) is 1. The maximum absolute atomic E-state index is 6.24. The standard InChI is InChI=1S/C19H17BrN4OS/c1-2-10-26-19-22-18-16(23-24-19)14-8-3-4-9-15(14)21-17(25-18)12-6-5-7-13(20)11-12/h3-9,11,17,21H,2,10H2,1H3. The molecule has 0 fully saturated rings. The zero-order valence-electron chi connectivity index (χ0n) is 14.1. The molecule has 5 nitrogen and oxygen atoms in total. The van der Waals surface area contributed by atoms with E-state index in [0.29, 0.717) is 16.7 Å². The van der Waals surface area contributed by atoms with Gasteiger partial charge in [-0.3, -0.25) is 0 Å². The van der Waals surface area contributed by atoms with Crippen molar-refractivity contribution < 1.29 is 4.74 Å². The van der Waals surface area contributed by atoms with Gasteiger partial charge in [0.05, 0.1) is 0 Å². The molecule has 0 bridgehead atoms. The van der Waals surface area contributed by atoms with Gasteiger partial charge in [-0.05, 0) is 24.6 Å². The number of fused-ring (bicyclic) bond motifs is 3. The first-order valence-corrected chi connectivity index (χ1v) is 10.2. The van der Waals surface area contributed by atoms with Crippen LogP contribution in [0.3, 0.4) is 0 Å². The van der Waals surface area contributed by atoms with Crippen LogP contribution in [0.1, 0.15) is 25.1 Å². The normalized spacial score (nSPS) is 15.2. The number of para-hydroxylation sites is 1. The second-order valence-electron chi connectivity index (χ2n) is 5.84. The molecule has 1 atom stereocenters. The number of thioether (sulfide) groups is 1. The number of hydrogen-bond acceptors (Lipinski definition) is 6. The average Bonchev–Trinajstić information content (AvgIpc) is 2.83. The largest absolute Gasteiger partial charge is 0.448 e. The summed E-state index contributed by atoms with van der Waals surface area (Å²) in [5, 5.41) is 12.8. The number of nitrogens with zero attached hydrogens (tertiary/aromatic N) is 3. The van der Waals surface area contributed by atoms with E-state index in [1.165, 1.54) is 0 Å². The molecule has 0 saturated heterocycles. The van der Waals surface area contributed by atoms with Crippen LogP contribution in [0, 0.1) is 0 Å². The van der Waals surface area contributed by atoms with E-state index in [1.54, 1.807) is 11.8 Å². The van der Waals surface area contributed by atoms with Gasteiger partial charge < -0.3 is 10.1 Å². The highest BCUT2D eigenvalue weighted by Gasteiger charge is 2.26. The van der Waals surface area contributed by atoms with Gasteiger partial charge in [0.2, 0.25) is 11.0 Å². The zero-order valence-corrected chi connectivity index (χ0v) is 16.5. The second kappa shape index (κ2) is 7.63. The van der Waals surface area contributed by atoms with Crippen LogP contribution in [-0.4, -0.2) is 20.9 Å². The van der Waals surface area contributed by atoms with Crippen molar-refractivity contribution in [3.05, 3.63) is 58.6 Å². The lowest BCUT2D eigenvalue weighted by molar-refractivity contribution is 0.225. The highest BCUT2D eigenvalue weighted by molar-refractivity contribution is 9.10. The summed E-state index contributed by atoms with van der Waals surface area (Å²) in [7, 11) is 0. The zero-order chi connectivity index (χ0) is 17.9. The Morgan fingerprint density at radius 1 is 1.15 bits per heavy atom. The highest BCUT2D eigenvalue weighted by Crippen LogP contribution is 2.39. The molecule has 7 heteroatoms. The van der Waals surface area contributed by atoms with Crippen molar-refractivity contribution in [2.24, 2.45) is 0 Å². The van der Waals surface area contributed by atoms with Crippen molar-refractivity contribution in [1.82, 2.24) is 15.2 Å². The van der Waals surface area contributed by atoms with E-state index in [0.717, 1.165) is 33.5 Å². The number of nitrogens with one attached hydrogen (secondary N) is 1. The molecular weight excluding hydrogens is 412 g/mol. The number of aromatic nitrogens is 3. The maximum Gasteiger partial charge on any atom is 0.247 e. The number of benzene rings is 2. The van der Waals surface area contributed by atoms with Crippen LogP contribution in [0.5, 0.6) is 5.88 Å². The van der Waals surface area contributed by atoms with Gasteiger partial charge in [-0.15, -0.1) is 10.2 Å². The third-order valence-corrected chi connectivity index (χ3v) is 5.46. The first kappa shape index (κ1) is 17.3. The molecule has 0 saturated carbocycles. The number of ether oxygens (including phenoxy) is 1. The Morgan fingerprint density at radius 2 is 2.04 bits per heavy atom. The maximum atomic E-state index is 6.24. The van der Waals surface area contributed by atoms with E-state index in [1.807, 2.05) is 48.5 Å². The molecule has 1 aliphatic heterocycles. The summed E-state index contributed by atoms with van der Waals surface area (Å²) >= 11 is 5.12. The third kappa shape index (κ3) is 3.54. The number of halogens is 1. The van der Waals surface area contributed by atoms with Gasteiger partial charge in [-0.1, -0.05) is 64.9 Å². The Morgan fingerprint density at radius 3 is 2.88 bits per heavy atom. The van der Waals surface area contributed by atoms with Gasteiger partial charge in [0.15, 0.2) is 11.9 Å². The Balaban J connectivity index is 1.79. The summed E-state index contributed by atoms with van der Waals surface area (Å²) in [6.45, 7) is 2.13. The molecule has 2 aromatic carbocycles. The summed E-state index contributed by atoms with van der Waals surface area (Å²) in [6, 6.07) is 16.0. The molecule has 26 heavy (non-hydrogen) atoms. The van der Waals surface area contributed by atoms with Crippen molar-refractivity contribution in [3.63, 3.8) is 0 Å². The monoisotopic (exact) mass is 428 g/mol. The fourth-order valence-corrected chi connectivity index (χ4v) is 3.77. The summed E-state index contributed by atoms with van der Waals surface area (Å²) in [5.41, 5.74) is 3.54. The van der Waals surface area contributed by atoms with E-state index in [2.05, 4.69) is 43.4 Å². The average molecular weight is 429 g/mol. The van der Waals surface area contributed by atoms with Crippen LogP contribution >= 0.6 is 27.7 Å². The Hall–Kier alpha value is -2.12. The van der Waals surface area contributed by atoms with Crippen molar-refractivity contribution in [2.45, 2.75) is 24.7 Å². The van der Waals surface area contributed by atoms with Crippen LogP contribution < -0.4 is 10.1 Å². The van der Waals surface area contributed by atoms with Crippen molar-refractivity contribution in [3.8, 4) is 17.1 Å². The van der Waals surface area contributed by atoms with E-state index in [9.17, 15) is 0 Å². The quantitative estimate of drug-likeness (QED) is 0.568. The first-order valence-electron chi connectivity index (χ1n) is 8.40. The molecule has 1 N–H and O–H groups in total. The van der Waals surface area contributed by atoms with E-state index >= 15 is 0 Å². The molecule has 1 unspecified atom stereocenters. The molecule has 0 radical (unpaired) electrons. The minimum absolute atomic E-state index is 0.365. The highest BCUT2D eigenvalue weighted by atomic mass is 79.9. The lowest BCUT2D eigenvalue weighted by atomic mass is 10.1. The van der Waals surface area contributed by atoms with E-state index < -0.39 is 0 Å². The van der Waals surface area contributed by atoms with Crippen molar-refractivity contribution in [2.75, 3.05) is 11.1 Å². The Kier molecular flexibility index (Phi) is 5.08. The van der Waals surface area contributed by atoms with Gasteiger partial charge in [-0.25, -0.2) is 0 Å². The van der Waals surface area contributed by atoms with Crippen LogP contribution in [-0.2, 0) is 0 Å². The van der Waals surface area contributed by atoms with Gasteiger partial charge in [-0.2, -0.15) is 4.98 Å². The SMILES string of the molecule is CCCSc1nnc2c(n1)OC(c1cccc(Br)c1)Nc1ccccc1-2. The number of anilines is 1. The lowest BCUT2D eigenvalue weighted by Crippen LogP contribution is -2.17. The molecule has 2 heterocycles. The molecule has 0 amide bonds. The third-order valence-electron chi connectivity index (χ3n) is 3.92. The summed E-state index contributed by atoms with van der Waals surface area (Å²) < 4.78 is 7.24. The molecule has 0 aliphatic carbocycles. The molecular formula is C19H17BrN4OS. The second-order valence-corrected chi connectivity index (χ2v) is 7.82. The topological polar surface area (TPSA) is 59.9 Å². The fraction of sp³-hybridized carbons (Fsp3) is 0.211. The molecule has 3 aromatic rings. The van der Waals surface area contributed by atoms with Gasteiger partial charge in [0, 0.05) is 27.0 Å². The molecule has 132 valence electrons. The van der Waals surface area contributed by atoms with Crippen molar-refractivity contribution >= 4 is 33.4 Å². The lowest BCUT2D eigenvalue weighted by Gasteiger charge is -2.19. The van der Waals surface area contributed by atoms with E-state index in [-0.39, 0.29) is 6.23 Å². The van der Waals surface area contributed by atoms with Crippen LogP contribution in [0.4, 0.5) is 5.69 Å². The summed E-state index contributed by atoms with van der Waals surface area (Å²) in [4.78, 5) is 4.62. The fourth-order valence-electron chi connectivity index (χ4n) is 2.72. The minimum Gasteiger partial charge on any atom is -0.448 e. The van der Waals surface area contributed by atoms with Gasteiger partial charge in [0.1, 0.15) is 0 Å². The molecule has 1 aliphatic rings. The predicted octanol–water partition coefficient (Wildman–Crippen LogP) is 5.31. The smallest absolute Gasteiger partial charge is 0.247 e. The molecule has 0 spiro atoms. The first-order chi connectivity index (χ1) is 12.7. The van der Waals surface area contributed by atoms with Crippen LogP contribution in [0.2, 0.25) is 0 Å². The number of rotatable bonds is 4. The van der Waals surface area contributed by atoms with Crippen molar-refractivity contribution in [1.29, 1.82) is 0 Å². The molecule has 4 rings (SSSR count). The van der Waals surface area contributed by atoms with Gasteiger partial charge in [0.25, 0.3) is 0 Å². The minimum atomic E-state index is -0.365. The van der Waals surface area contributed by atoms with Crippen LogP contribution in [0.25, 0.3) is 11.3 Å².